The van der Waals surface area contributed by atoms with E-state index in [9.17, 15) is 0 Å². The Hall–Kier alpha value is -2.00. The molecule has 0 saturated heterocycles. The molecule has 0 amide bonds. The summed E-state index contributed by atoms with van der Waals surface area (Å²) in [7, 11) is 0. The number of aromatic amines is 1. The molecule has 3 rings (SSSR count). The van der Waals surface area contributed by atoms with Crippen LogP contribution in [0.3, 0.4) is 0 Å². The lowest BCUT2D eigenvalue weighted by atomic mass is 10.0. The van der Waals surface area contributed by atoms with Crippen LogP contribution in [0.2, 0.25) is 0 Å². The first-order valence-electron chi connectivity index (χ1n) is 6.36. The van der Waals surface area contributed by atoms with Gasteiger partial charge >= 0.3 is 0 Å². The molecule has 0 saturated carbocycles. The second kappa shape index (κ2) is 4.94. The number of H-pyrrole nitrogens is 1. The SMILES string of the molecule is CCc1cc(=S)nc(-c2cccc3ccccc23)[nH]1. The van der Waals surface area contributed by atoms with Crippen LogP contribution in [0.5, 0.6) is 0 Å². The summed E-state index contributed by atoms with van der Waals surface area (Å²) in [6.07, 6.45) is 0.921. The number of rotatable bonds is 2. The van der Waals surface area contributed by atoms with Crippen molar-refractivity contribution in [2.75, 3.05) is 0 Å². The highest BCUT2D eigenvalue weighted by Gasteiger charge is 2.06. The molecule has 1 aromatic heterocycles. The molecule has 1 N–H and O–H groups in total. The maximum absolute atomic E-state index is 5.24. The molecule has 0 aliphatic heterocycles. The highest BCUT2D eigenvalue weighted by atomic mass is 32.1. The van der Waals surface area contributed by atoms with Gasteiger partial charge in [-0.3, -0.25) is 0 Å². The highest BCUT2D eigenvalue weighted by Crippen LogP contribution is 2.26. The summed E-state index contributed by atoms with van der Waals surface area (Å²) >= 11 is 5.24. The van der Waals surface area contributed by atoms with Gasteiger partial charge in [-0.2, -0.15) is 0 Å². The highest BCUT2D eigenvalue weighted by molar-refractivity contribution is 7.71. The monoisotopic (exact) mass is 266 g/mol. The third-order valence-corrected chi connectivity index (χ3v) is 3.43. The summed E-state index contributed by atoms with van der Waals surface area (Å²) in [5, 5.41) is 2.40. The molecule has 0 bridgehead atoms. The van der Waals surface area contributed by atoms with Crippen LogP contribution in [-0.4, -0.2) is 9.97 Å². The number of nitrogens with zero attached hydrogens (tertiary/aromatic N) is 1. The van der Waals surface area contributed by atoms with Gasteiger partial charge < -0.3 is 4.98 Å². The quantitative estimate of drug-likeness (QED) is 0.691. The largest absolute Gasteiger partial charge is 0.343 e. The first-order chi connectivity index (χ1) is 9.28. The zero-order chi connectivity index (χ0) is 13.2. The van der Waals surface area contributed by atoms with Gasteiger partial charge in [-0.1, -0.05) is 61.6 Å². The predicted molar refractivity (Wildman–Crippen MR) is 81.7 cm³/mol. The van der Waals surface area contributed by atoms with Crippen LogP contribution in [0.15, 0.2) is 48.5 Å². The van der Waals surface area contributed by atoms with Crippen molar-refractivity contribution < 1.29 is 0 Å². The molecule has 0 aliphatic carbocycles. The van der Waals surface area contributed by atoms with Gasteiger partial charge in [0.15, 0.2) is 0 Å². The summed E-state index contributed by atoms with van der Waals surface area (Å²) in [6, 6.07) is 16.5. The van der Waals surface area contributed by atoms with Gasteiger partial charge in [0.05, 0.1) is 0 Å². The van der Waals surface area contributed by atoms with E-state index in [0.717, 1.165) is 23.5 Å². The molecule has 0 aliphatic rings. The standard InChI is InChI=1S/C16H14N2S/c1-2-12-10-15(19)18-16(17-12)14-9-5-7-11-6-3-4-8-13(11)14/h3-10H,2H2,1H3,(H,17,18,19). The normalized spacial score (nSPS) is 10.8. The Balaban J connectivity index is 2.30. The molecule has 3 heteroatoms. The molecular weight excluding hydrogens is 252 g/mol. The van der Waals surface area contributed by atoms with Gasteiger partial charge in [-0.05, 0) is 23.3 Å². The van der Waals surface area contributed by atoms with E-state index in [0.29, 0.717) is 4.64 Å². The maximum atomic E-state index is 5.24. The molecule has 0 atom stereocenters. The fourth-order valence-corrected chi connectivity index (χ4v) is 2.49. The zero-order valence-corrected chi connectivity index (χ0v) is 11.5. The van der Waals surface area contributed by atoms with Gasteiger partial charge in [0, 0.05) is 11.3 Å². The van der Waals surface area contributed by atoms with Gasteiger partial charge in [0.1, 0.15) is 10.5 Å². The van der Waals surface area contributed by atoms with Crippen molar-refractivity contribution in [1.29, 1.82) is 0 Å². The van der Waals surface area contributed by atoms with Crippen molar-refractivity contribution in [1.82, 2.24) is 9.97 Å². The van der Waals surface area contributed by atoms with Gasteiger partial charge in [-0.25, -0.2) is 4.98 Å². The van der Waals surface area contributed by atoms with Crippen molar-refractivity contribution in [3.63, 3.8) is 0 Å². The molecular formula is C16H14N2S. The van der Waals surface area contributed by atoms with Crippen molar-refractivity contribution in [3.05, 3.63) is 58.9 Å². The average molecular weight is 266 g/mol. The summed E-state index contributed by atoms with van der Waals surface area (Å²) in [6.45, 7) is 2.10. The van der Waals surface area contributed by atoms with Crippen LogP contribution in [0.25, 0.3) is 22.2 Å². The van der Waals surface area contributed by atoms with Crippen molar-refractivity contribution in [2.45, 2.75) is 13.3 Å². The van der Waals surface area contributed by atoms with Gasteiger partial charge in [-0.15, -0.1) is 0 Å². The lowest BCUT2D eigenvalue weighted by molar-refractivity contribution is 1.00. The van der Waals surface area contributed by atoms with Crippen LogP contribution in [-0.2, 0) is 6.42 Å². The van der Waals surface area contributed by atoms with E-state index in [1.54, 1.807) is 0 Å². The first-order valence-corrected chi connectivity index (χ1v) is 6.77. The molecule has 2 aromatic carbocycles. The number of hydrogen-bond donors (Lipinski definition) is 1. The first kappa shape index (κ1) is 12.1. The fourth-order valence-electron chi connectivity index (χ4n) is 2.26. The van der Waals surface area contributed by atoms with Crippen LogP contribution < -0.4 is 0 Å². The Morgan fingerprint density at radius 1 is 1.11 bits per heavy atom. The Morgan fingerprint density at radius 3 is 2.74 bits per heavy atom. The predicted octanol–water partition coefficient (Wildman–Crippen LogP) is 4.52. The smallest absolute Gasteiger partial charge is 0.139 e. The number of hydrogen-bond acceptors (Lipinski definition) is 2. The topological polar surface area (TPSA) is 28.7 Å². The molecule has 1 heterocycles. The second-order valence-corrected chi connectivity index (χ2v) is 4.89. The van der Waals surface area contributed by atoms with E-state index >= 15 is 0 Å². The van der Waals surface area contributed by atoms with Gasteiger partial charge in [0.2, 0.25) is 0 Å². The molecule has 2 nitrogen and oxygen atoms in total. The summed E-state index contributed by atoms with van der Waals surface area (Å²) in [5.74, 6) is 0.848. The zero-order valence-electron chi connectivity index (χ0n) is 10.7. The van der Waals surface area contributed by atoms with E-state index < -0.39 is 0 Å². The molecule has 94 valence electrons. The van der Waals surface area contributed by atoms with Crippen LogP contribution in [0.1, 0.15) is 12.6 Å². The second-order valence-electron chi connectivity index (χ2n) is 4.47. The Kier molecular flexibility index (Phi) is 3.13. The Bertz CT molecular complexity index is 785. The number of aromatic nitrogens is 2. The summed E-state index contributed by atoms with van der Waals surface area (Å²) in [4.78, 5) is 7.83. The number of nitrogens with one attached hydrogen (secondary N) is 1. The van der Waals surface area contributed by atoms with E-state index in [-0.39, 0.29) is 0 Å². The van der Waals surface area contributed by atoms with Crippen LogP contribution in [0.4, 0.5) is 0 Å². The summed E-state index contributed by atoms with van der Waals surface area (Å²) < 4.78 is 0.638. The Morgan fingerprint density at radius 2 is 1.89 bits per heavy atom. The van der Waals surface area contributed by atoms with Crippen molar-refractivity contribution in [2.24, 2.45) is 0 Å². The molecule has 0 fully saturated rings. The number of aryl methyl sites for hydroxylation is 1. The lowest BCUT2D eigenvalue weighted by Gasteiger charge is -2.07. The molecule has 0 unspecified atom stereocenters. The minimum atomic E-state index is 0.638. The van der Waals surface area contributed by atoms with Crippen molar-refractivity contribution in [3.8, 4) is 11.4 Å². The minimum absolute atomic E-state index is 0.638. The third-order valence-electron chi connectivity index (χ3n) is 3.22. The third kappa shape index (κ3) is 2.29. The van der Waals surface area contributed by atoms with Gasteiger partial charge in [0.25, 0.3) is 0 Å². The van der Waals surface area contributed by atoms with E-state index in [4.69, 9.17) is 12.2 Å². The molecule has 0 radical (unpaired) electrons. The molecule has 19 heavy (non-hydrogen) atoms. The number of fused-ring (bicyclic) bond motifs is 1. The average Bonchev–Trinajstić information content (AvgIpc) is 2.46. The lowest BCUT2D eigenvalue weighted by Crippen LogP contribution is -1.95. The number of benzene rings is 2. The van der Waals surface area contributed by atoms with E-state index in [1.807, 2.05) is 18.2 Å². The summed E-state index contributed by atoms with van der Waals surface area (Å²) in [5.41, 5.74) is 2.21. The van der Waals surface area contributed by atoms with Crippen LogP contribution >= 0.6 is 12.2 Å². The molecule has 0 spiro atoms. The van der Waals surface area contributed by atoms with E-state index in [1.165, 1.54) is 10.8 Å². The maximum Gasteiger partial charge on any atom is 0.139 e. The Labute approximate surface area is 117 Å². The van der Waals surface area contributed by atoms with E-state index in [2.05, 4.69) is 47.2 Å². The molecule has 3 aromatic rings. The van der Waals surface area contributed by atoms with Crippen LogP contribution in [0, 0.1) is 4.64 Å². The van der Waals surface area contributed by atoms with Crippen molar-refractivity contribution >= 4 is 23.0 Å². The fraction of sp³-hybridized carbons (Fsp3) is 0.125. The minimum Gasteiger partial charge on any atom is -0.343 e.